The van der Waals surface area contributed by atoms with Gasteiger partial charge in [-0.25, -0.2) is 9.59 Å². The van der Waals surface area contributed by atoms with Crippen molar-refractivity contribution in [1.29, 1.82) is 0 Å². The molecule has 5 aliphatic carbocycles. The minimum absolute atomic E-state index is 0.131. The molecule has 0 aromatic carbocycles. The Morgan fingerprint density at radius 1 is 0.936 bits per heavy atom. The van der Waals surface area contributed by atoms with Crippen LogP contribution >= 0.6 is 0 Å². The predicted octanol–water partition coefficient (Wildman–Crippen LogP) is 10.2. The summed E-state index contributed by atoms with van der Waals surface area (Å²) in [4.78, 5) is 24.5. The topological polar surface area (TPSA) is 80.3 Å². The van der Waals surface area contributed by atoms with E-state index in [0.29, 0.717) is 30.6 Å². The fraction of sp³-hybridized carbons (Fsp3) is 0.795. The van der Waals surface area contributed by atoms with Crippen LogP contribution in [0, 0.1) is 39.9 Å². The Hall–Kier alpha value is -2.06. The SMILES string of the molecule is CC[Si](CC)(CC)OC(C)(C)C1(/C=C/[C@@H](C)[C@H]2CC[C@H]3C4=CC=C5C[C@@H](OC(=O)OC)C[C@H](OC(=O)OC)[C@]5(C)[C@H]4CC[C@]23C)CC1. The van der Waals surface area contributed by atoms with Crippen LogP contribution in [-0.4, -0.2) is 52.7 Å². The number of hydrogen-bond acceptors (Lipinski definition) is 7. The average molecular weight is 671 g/mol. The van der Waals surface area contributed by atoms with Crippen molar-refractivity contribution in [2.75, 3.05) is 14.2 Å². The molecule has 0 heterocycles. The van der Waals surface area contributed by atoms with E-state index in [4.69, 9.17) is 23.4 Å². The van der Waals surface area contributed by atoms with E-state index in [1.54, 1.807) is 0 Å². The van der Waals surface area contributed by atoms with E-state index in [1.807, 2.05) is 0 Å². The van der Waals surface area contributed by atoms with Gasteiger partial charge in [-0.1, -0.05) is 77.0 Å². The van der Waals surface area contributed by atoms with Crippen LogP contribution in [0.3, 0.4) is 0 Å². The minimum Gasteiger partial charge on any atom is -0.438 e. The van der Waals surface area contributed by atoms with Gasteiger partial charge in [0.1, 0.15) is 12.2 Å². The van der Waals surface area contributed by atoms with E-state index < -0.39 is 32.8 Å². The number of carbonyl (C=O) groups excluding carboxylic acids is 2. The first kappa shape index (κ1) is 36.2. The van der Waals surface area contributed by atoms with Crippen LogP contribution in [0.5, 0.6) is 0 Å². The van der Waals surface area contributed by atoms with Crippen molar-refractivity contribution in [3.8, 4) is 0 Å². The molecule has 0 saturated heterocycles. The summed E-state index contributed by atoms with van der Waals surface area (Å²) < 4.78 is 28.4. The average Bonchev–Trinajstić information content (AvgIpc) is 3.78. The maximum atomic E-state index is 12.5. The lowest BCUT2D eigenvalue weighted by Gasteiger charge is -2.57. The fourth-order valence-electron chi connectivity index (χ4n) is 10.7. The fourth-order valence-corrected chi connectivity index (χ4v) is 13.9. The molecule has 0 aromatic rings. The summed E-state index contributed by atoms with van der Waals surface area (Å²) >= 11 is 0. The molecule has 47 heavy (non-hydrogen) atoms. The molecule has 0 N–H and O–H groups in total. The number of fused-ring (bicyclic) bond motifs is 5. The van der Waals surface area contributed by atoms with Gasteiger partial charge < -0.3 is 23.4 Å². The number of ether oxygens (including phenoxy) is 4. The highest BCUT2D eigenvalue weighted by molar-refractivity contribution is 6.73. The molecule has 0 spiro atoms. The number of allylic oxidation sites excluding steroid dienone is 4. The lowest BCUT2D eigenvalue weighted by Crippen LogP contribution is -2.54. The molecular weight excluding hydrogens is 609 g/mol. The molecule has 264 valence electrons. The number of methoxy groups -OCH3 is 2. The third kappa shape index (κ3) is 6.28. The normalized spacial score (nSPS) is 35.1. The lowest BCUT2D eigenvalue weighted by atomic mass is 9.49. The molecule has 0 unspecified atom stereocenters. The smallest absolute Gasteiger partial charge is 0.438 e. The zero-order valence-electron chi connectivity index (χ0n) is 30.9. The number of carbonyl (C=O) groups is 2. The van der Waals surface area contributed by atoms with E-state index in [-0.39, 0.29) is 27.8 Å². The number of hydrogen-bond donors (Lipinski definition) is 0. The second-order valence-corrected chi connectivity index (χ2v) is 21.1. The molecule has 5 aliphatic rings. The van der Waals surface area contributed by atoms with Crippen LogP contribution in [0.2, 0.25) is 18.1 Å². The maximum absolute atomic E-state index is 12.5. The van der Waals surface area contributed by atoms with Crippen molar-refractivity contribution in [2.24, 2.45) is 39.9 Å². The zero-order chi connectivity index (χ0) is 34.4. The summed E-state index contributed by atoms with van der Waals surface area (Å²) in [6.07, 6.45) is 15.5. The highest BCUT2D eigenvalue weighted by Gasteiger charge is 2.61. The summed E-state index contributed by atoms with van der Waals surface area (Å²) in [6, 6.07) is 3.56. The van der Waals surface area contributed by atoms with Gasteiger partial charge in [-0.2, -0.15) is 0 Å². The van der Waals surface area contributed by atoms with E-state index in [9.17, 15) is 9.59 Å². The minimum atomic E-state index is -1.71. The molecule has 0 aliphatic heterocycles. The van der Waals surface area contributed by atoms with Crippen molar-refractivity contribution in [3.63, 3.8) is 0 Å². The highest BCUT2D eigenvalue weighted by atomic mass is 28.4. The molecule has 0 aromatic heterocycles. The molecule has 0 bridgehead atoms. The quantitative estimate of drug-likeness (QED) is 0.123. The van der Waals surface area contributed by atoms with Crippen molar-refractivity contribution >= 4 is 20.6 Å². The molecule has 4 saturated carbocycles. The van der Waals surface area contributed by atoms with Crippen LogP contribution < -0.4 is 0 Å². The lowest BCUT2D eigenvalue weighted by molar-refractivity contribution is -0.0827. The second kappa shape index (κ2) is 13.3. The third-order valence-corrected chi connectivity index (χ3v) is 19.1. The van der Waals surface area contributed by atoms with E-state index in [2.05, 4.69) is 79.7 Å². The van der Waals surface area contributed by atoms with Gasteiger partial charge in [0.05, 0.1) is 19.8 Å². The maximum Gasteiger partial charge on any atom is 0.508 e. The Labute approximate surface area is 285 Å². The van der Waals surface area contributed by atoms with Crippen molar-refractivity contribution in [1.82, 2.24) is 0 Å². The van der Waals surface area contributed by atoms with Crippen molar-refractivity contribution < 1.29 is 33.0 Å². The van der Waals surface area contributed by atoms with Gasteiger partial charge in [-0.15, -0.1) is 0 Å². The Bertz CT molecular complexity index is 1270. The van der Waals surface area contributed by atoms with Crippen LogP contribution in [0.4, 0.5) is 9.59 Å². The van der Waals surface area contributed by atoms with E-state index >= 15 is 0 Å². The van der Waals surface area contributed by atoms with Crippen LogP contribution in [0.1, 0.15) is 107 Å². The molecule has 4 fully saturated rings. The van der Waals surface area contributed by atoms with E-state index in [1.165, 1.54) is 69.2 Å². The third-order valence-electron chi connectivity index (χ3n) is 14.3. The van der Waals surface area contributed by atoms with Crippen molar-refractivity contribution in [3.05, 3.63) is 35.5 Å². The Balaban J connectivity index is 1.36. The summed E-state index contributed by atoms with van der Waals surface area (Å²) in [7, 11) is 0.944. The summed E-state index contributed by atoms with van der Waals surface area (Å²) in [5.41, 5.74) is 2.56. The first-order chi connectivity index (χ1) is 22.2. The number of rotatable bonds is 11. The molecule has 5 rings (SSSR count). The molecular formula is C39H62O7Si. The van der Waals surface area contributed by atoms with E-state index in [0.717, 1.165) is 12.8 Å². The van der Waals surface area contributed by atoms with Gasteiger partial charge in [-0.3, -0.25) is 0 Å². The molecule has 7 nitrogen and oxygen atoms in total. The van der Waals surface area contributed by atoms with Crippen LogP contribution in [0.15, 0.2) is 35.5 Å². The molecule has 0 amide bonds. The van der Waals surface area contributed by atoms with Gasteiger partial charge in [0.25, 0.3) is 0 Å². The Morgan fingerprint density at radius 3 is 2.17 bits per heavy atom. The zero-order valence-corrected chi connectivity index (χ0v) is 31.9. The first-order valence-corrected chi connectivity index (χ1v) is 21.0. The summed E-state index contributed by atoms with van der Waals surface area (Å²) in [5, 5.41) is 0. The Kier molecular flexibility index (Phi) is 10.3. The molecule has 0 radical (unpaired) electrons. The van der Waals surface area contributed by atoms with Gasteiger partial charge in [0, 0.05) is 23.7 Å². The standard InChI is InChI=1S/C39H62O7Si/c1-11-47(12-2,13-3)46-36(5,6)39(22-23-39)21-18-26(4)30-16-17-31-29-15-14-27-24-28(44-34(40)42-9)25-33(45-35(41)43-10)38(27,8)32(29)19-20-37(30,31)7/h14-15,18,21,26,28,30-33H,11-13,16-17,19-20,22-25H2,1-10H3/b21-18+/t26-,28-,30-,31+,32+,33+,37-,38+/m1/s1. The van der Waals surface area contributed by atoms with Gasteiger partial charge >= 0.3 is 12.3 Å². The van der Waals surface area contributed by atoms with Crippen molar-refractivity contribution in [2.45, 2.75) is 143 Å². The van der Waals surface area contributed by atoms with Crippen LogP contribution in [-0.2, 0) is 23.4 Å². The molecule has 8 atom stereocenters. The van der Waals surface area contributed by atoms with Gasteiger partial charge in [0.2, 0.25) is 0 Å². The molecule has 8 heteroatoms. The predicted molar refractivity (Wildman–Crippen MR) is 187 cm³/mol. The van der Waals surface area contributed by atoms with Gasteiger partial charge in [0.15, 0.2) is 8.32 Å². The monoisotopic (exact) mass is 670 g/mol. The summed E-state index contributed by atoms with van der Waals surface area (Å²) in [5.74, 6) is 1.88. The highest BCUT2D eigenvalue weighted by Crippen LogP contribution is 2.67. The Morgan fingerprint density at radius 2 is 1.57 bits per heavy atom. The van der Waals surface area contributed by atoms with Gasteiger partial charge in [-0.05, 0) is 99.6 Å². The summed E-state index contributed by atoms with van der Waals surface area (Å²) in [6.45, 7) is 18.9. The second-order valence-electron chi connectivity index (χ2n) is 16.4. The van der Waals surface area contributed by atoms with Crippen LogP contribution in [0.25, 0.3) is 0 Å². The first-order valence-electron chi connectivity index (χ1n) is 18.5. The largest absolute Gasteiger partial charge is 0.508 e.